The molecule has 0 spiro atoms. The van der Waals surface area contributed by atoms with Gasteiger partial charge in [-0.15, -0.1) is 0 Å². The molecule has 0 radical (unpaired) electrons. The van der Waals surface area contributed by atoms with Gasteiger partial charge < -0.3 is 5.11 Å². The van der Waals surface area contributed by atoms with Crippen molar-refractivity contribution < 1.29 is 22.1 Å². The van der Waals surface area contributed by atoms with Crippen LogP contribution in [0.1, 0.15) is 11.1 Å². The van der Waals surface area contributed by atoms with E-state index in [0.717, 1.165) is 16.8 Å². The van der Waals surface area contributed by atoms with Gasteiger partial charge in [0.2, 0.25) is 0 Å². The molecule has 0 bridgehead atoms. The Balaban J connectivity index is 0.000000550. The summed E-state index contributed by atoms with van der Waals surface area (Å²) >= 11 is -0.556. The molecular weight excluding hydrogens is 317 g/mol. The molecule has 19 heavy (non-hydrogen) atoms. The fourth-order valence-electron chi connectivity index (χ4n) is 1.44. The van der Waals surface area contributed by atoms with Crippen molar-refractivity contribution in [3.8, 4) is 5.75 Å². The first-order valence-electron chi connectivity index (χ1n) is 5.53. The van der Waals surface area contributed by atoms with Crippen molar-refractivity contribution in [2.75, 3.05) is 0 Å². The number of hydrogen-bond donors (Lipinski definition) is 1. The molecule has 98 valence electrons. The Morgan fingerprint density at radius 3 is 2.26 bits per heavy atom. The average molecular weight is 330 g/mol. The third-order valence-electron chi connectivity index (χ3n) is 2.39. The number of phenols is 1. The number of phenolic OH excluding ortho intramolecular Hbond substituents is 1. The van der Waals surface area contributed by atoms with Gasteiger partial charge in [0.1, 0.15) is 5.75 Å². The van der Waals surface area contributed by atoms with Gasteiger partial charge in [0.15, 0.2) is 0 Å². The van der Waals surface area contributed by atoms with Gasteiger partial charge in [-0.25, -0.2) is 0 Å². The van der Waals surface area contributed by atoms with Crippen LogP contribution in [0.4, 0.5) is 5.69 Å². The van der Waals surface area contributed by atoms with Crippen molar-refractivity contribution in [2.45, 2.75) is 6.92 Å². The van der Waals surface area contributed by atoms with E-state index in [9.17, 15) is 5.11 Å². The van der Waals surface area contributed by atoms with Crippen LogP contribution < -0.4 is 0 Å². The summed E-state index contributed by atoms with van der Waals surface area (Å²) in [4.78, 5) is 4.35. The summed E-state index contributed by atoms with van der Waals surface area (Å²) in [5.41, 5.74) is 2.77. The van der Waals surface area contributed by atoms with Gasteiger partial charge >= 0.3 is 35.6 Å². The standard InChI is InChI=1S/C14H13NO.2ClH.Ti/c1-11-6-2-4-8-13(11)15-10-12-7-3-5-9-14(12)16;;;/h2-10,16H,1H3;2*1H;/q;;;+2/p-2. The van der Waals surface area contributed by atoms with Crippen LogP contribution in [0.5, 0.6) is 5.75 Å². The molecule has 0 aliphatic rings. The molecule has 0 atom stereocenters. The molecule has 0 unspecified atom stereocenters. The van der Waals surface area contributed by atoms with Crippen LogP contribution in [0, 0.1) is 6.92 Å². The van der Waals surface area contributed by atoms with E-state index in [2.05, 4.69) is 4.99 Å². The monoisotopic (exact) mass is 329 g/mol. The van der Waals surface area contributed by atoms with Crippen molar-refractivity contribution in [1.29, 1.82) is 0 Å². The molecule has 0 amide bonds. The molecule has 0 aliphatic carbocycles. The predicted octanol–water partition coefficient (Wildman–Crippen LogP) is 4.83. The molecule has 0 aliphatic heterocycles. The molecule has 2 aromatic carbocycles. The summed E-state index contributed by atoms with van der Waals surface area (Å²) in [5, 5.41) is 9.57. The van der Waals surface area contributed by atoms with Gasteiger partial charge in [0.25, 0.3) is 0 Å². The number of rotatable bonds is 2. The van der Waals surface area contributed by atoms with Crippen molar-refractivity contribution in [3.63, 3.8) is 0 Å². The summed E-state index contributed by atoms with van der Waals surface area (Å²) in [7, 11) is 9.78. The van der Waals surface area contributed by atoms with E-state index in [1.165, 1.54) is 0 Å². The van der Waals surface area contributed by atoms with Gasteiger partial charge in [0.05, 0.1) is 5.69 Å². The Morgan fingerprint density at radius 2 is 1.63 bits per heavy atom. The third kappa shape index (κ3) is 5.79. The van der Waals surface area contributed by atoms with Crippen LogP contribution in [0.15, 0.2) is 53.5 Å². The first kappa shape index (κ1) is 16.3. The molecule has 0 saturated carbocycles. The molecule has 2 nitrogen and oxygen atoms in total. The van der Waals surface area contributed by atoms with Crippen LogP contribution in [0.2, 0.25) is 0 Å². The van der Waals surface area contributed by atoms with E-state index < -0.39 is 17.0 Å². The second-order valence-corrected chi connectivity index (χ2v) is 6.25. The van der Waals surface area contributed by atoms with E-state index in [-0.39, 0.29) is 5.75 Å². The minimum absolute atomic E-state index is 0.250. The zero-order valence-corrected chi connectivity index (χ0v) is 13.4. The summed E-state index contributed by atoms with van der Waals surface area (Å²) < 4.78 is 0. The summed E-state index contributed by atoms with van der Waals surface area (Å²) in [5.74, 6) is 0.250. The number of nitrogens with zero attached hydrogens (tertiary/aromatic N) is 1. The Bertz CT molecular complexity index is 499. The zero-order valence-electron chi connectivity index (χ0n) is 10.3. The SMILES string of the molecule is Cc1ccccc1N=Cc1ccccc1O.[Cl][Ti][Cl]. The fourth-order valence-corrected chi connectivity index (χ4v) is 1.44. The Kier molecular flexibility index (Phi) is 7.84. The molecule has 0 fully saturated rings. The number of aryl methyl sites for hydroxylation is 1. The number of aromatic hydroxyl groups is 1. The van der Waals surface area contributed by atoms with Crippen molar-refractivity contribution in [2.24, 2.45) is 4.99 Å². The molecule has 0 aromatic heterocycles. The van der Waals surface area contributed by atoms with E-state index >= 15 is 0 Å². The van der Waals surface area contributed by atoms with Gasteiger partial charge in [0, 0.05) is 11.8 Å². The number of benzene rings is 2. The van der Waals surface area contributed by atoms with Gasteiger partial charge in [-0.1, -0.05) is 30.3 Å². The minimum atomic E-state index is -0.556. The Labute approximate surface area is 129 Å². The number of halogens is 2. The van der Waals surface area contributed by atoms with E-state index in [1.54, 1.807) is 18.3 Å². The van der Waals surface area contributed by atoms with Crippen molar-refractivity contribution in [3.05, 3.63) is 59.7 Å². The zero-order chi connectivity index (χ0) is 14.1. The quantitative estimate of drug-likeness (QED) is 0.621. The summed E-state index contributed by atoms with van der Waals surface area (Å²) in [6.45, 7) is 2.01. The van der Waals surface area contributed by atoms with E-state index in [1.807, 2.05) is 43.3 Å². The van der Waals surface area contributed by atoms with Crippen molar-refractivity contribution >= 4 is 30.5 Å². The molecular formula is C14H13Cl2NOTi. The van der Waals surface area contributed by atoms with Gasteiger partial charge in [-0.05, 0) is 30.7 Å². The third-order valence-corrected chi connectivity index (χ3v) is 2.39. The molecule has 0 heterocycles. The van der Waals surface area contributed by atoms with Crippen molar-refractivity contribution in [1.82, 2.24) is 0 Å². The molecule has 0 saturated heterocycles. The van der Waals surface area contributed by atoms with Crippen LogP contribution in [-0.4, -0.2) is 11.3 Å². The molecule has 5 heteroatoms. The Morgan fingerprint density at radius 1 is 1.05 bits per heavy atom. The van der Waals surface area contributed by atoms with Crippen LogP contribution >= 0.6 is 18.6 Å². The second kappa shape index (κ2) is 9.16. The second-order valence-electron chi connectivity index (χ2n) is 3.67. The summed E-state index contributed by atoms with van der Waals surface area (Å²) in [6, 6.07) is 15.0. The first-order valence-corrected chi connectivity index (χ1v) is 9.82. The first-order chi connectivity index (χ1) is 9.19. The predicted molar refractivity (Wildman–Crippen MR) is 78.2 cm³/mol. The van der Waals surface area contributed by atoms with E-state index in [0.29, 0.717) is 0 Å². The van der Waals surface area contributed by atoms with Gasteiger partial charge in [-0.2, -0.15) is 0 Å². The maximum atomic E-state index is 9.57. The maximum absolute atomic E-state index is 9.57. The number of hydrogen-bond acceptors (Lipinski definition) is 2. The topological polar surface area (TPSA) is 32.6 Å². The van der Waals surface area contributed by atoms with Crippen LogP contribution in [0.25, 0.3) is 0 Å². The molecule has 1 N–H and O–H groups in total. The molecule has 2 aromatic rings. The normalized spacial score (nSPS) is 9.84. The fraction of sp³-hybridized carbons (Fsp3) is 0.0714. The van der Waals surface area contributed by atoms with E-state index in [4.69, 9.17) is 18.6 Å². The number of para-hydroxylation sites is 2. The van der Waals surface area contributed by atoms with Gasteiger partial charge in [-0.3, -0.25) is 4.99 Å². The Hall–Kier alpha value is -0.796. The number of aliphatic imine (C=N–C) groups is 1. The van der Waals surface area contributed by atoms with Crippen LogP contribution in [0.3, 0.4) is 0 Å². The summed E-state index contributed by atoms with van der Waals surface area (Å²) in [6.07, 6.45) is 1.68. The van der Waals surface area contributed by atoms with Crippen LogP contribution in [-0.2, 0) is 17.0 Å². The molecule has 2 rings (SSSR count). The average Bonchev–Trinajstić information content (AvgIpc) is 2.40.